The van der Waals surface area contributed by atoms with Crippen LogP contribution in [-0.4, -0.2) is 37.2 Å². The SMILES string of the molecule is CC/C=C\C/C=C\C/C=C\CCCCCCC(=O)OCC(COC(=O)C/C=C\C/C=C\C/C=C\CC)OC(=O)CCCCCCCCCCCCCC. The molecule has 6 nitrogen and oxygen atoms in total. The lowest BCUT2D eigenvalue weighted by Crippen LogP contribution is -2.30. The predicted octanol–water partition coefficient (Wildman–Crippen LogP) is 13.5. The maximum atomic E-state index is 12.7. The highest BCUT2D eigenvalue weighted by Crippen LogP contribution is 2.14. The number of ether oxygens (including phenoxy) is 3. The Kier molecular flexibility index (Phi) is 39.1. The Bertz CT molecular complexity index is 1030. The molecular weight excluding hydrogens is 661 g/mol. The molecule has 0 rings (SSSR count). The third-order valence-corrected chi connectivity index (χ3v) is 8.74. The molecule has 0 spiro atoms. The normalized spacial score (nSPS) is 12.7. The maximum absolute atomic E-state index is 12.7. The van der Waals surface area contributed by atoms with E-state index >= 15 is 0 Å². The van der Waals surface area contributed by atoms with Crippen molar-refractivity contribution in [1.29, 1.82) is 0 Å². The lowest BCUT2D eigenvalue weighted by Gasteiger charge is -2.18. The molecule has 302 valence electrons. The molecule has 0 saturated heterocycles. The number of esters is 3. The van der Waals surface area contributed by atoms with Crippen molar-refractivity contribution >= 4 is 17.9 Å². The van der Waals surface area contributed by atoms with Crippen LogP contribution in [0.5, 0.6) is 0 Å². The van der Waals surface area contributed by atoms with Gasteiger partial charge in [-0.25, -0.2) is 0 Å². The van der Waals surface area contributed by atoms with Gasteiger partial charge in [-0.15, -0.1) is 0 Å². The van der Waals surface area contributed by atoms with E-state index in [1.165, 1.54) is 57.8 Å². The fraction of sp³-hybridized carbons (Fsp3) is 0.681. The first-order valence-corrected chi connectivity index (χ1v) is 21.4. The fourth-order valence-corrected chi connectivity index (χ4v) is 5.57. The minimum absolute atomic E-state index is 0.114. The lowest BCUT2D eigenvalue weighted by atomic mass is 10.0. The molecule has 0 aliphatic carbocycles. The van der Waals surface area contributed by atoms with E-state index in [0.717, 1.165) is 89.9 Å². The van der Waals surface area contributed by atoms with Gasteiger partial charge in [0.15, 0.2) is 6.10 Å². The molecule has 0 aromatic carbocycles. The van der Waals surface area contributed by atoms with Gasteiger partial charge in [0.1, 0.15) is 13.2 Å². The minimum atomic E-state index is -0.815. The van der Waals surface area contributed by atoms with Crippen molar-refractivity contribution in [2.75, 3.05) is 13.2 Å². The molecule has 0 heterocycles. The Balaban J connectivity index is 4.47. The van der Waals surface area contributed by atoms with Crippen molar-refractivity contribution in [3.63, 3.8) is 0 Å². The first-order valence-electron chi connectivity index (χ1n) is 21.4. The quantitative estimate of drug-likeness (QED) is 0.0273. The van der Waals surface area contributed by atoms with Crippen LogP contribution in [0.25, 0.3) is 0 Å². The minimum Gasteiger partial charge on any atom is -0.462 e. The van der Waals surface area contributed by atoms with Gasteiger partial charge in [0.2, 0.25) is 0 Å². The Labute approximate surface area is 325 Å². The molecule has 0 N–H and O–H groups in total. The molecular formula is C47H78O6. The molecule has 0 aromatic heterocycles. The van der Waals surface area contributed by atoms with E-state index in [9.17, 15) is 14.4 Å². The topological polar surface area (TPSA) is 78.9 Å². The summed E-state index contributed by atoms with van der Waals surface area (Å²) in [5, 5.41) is 0. The van der Waals surface area contributed by atoms with Crippen LogP contribution < -0.4 is 0 Å². The fourth-order valence-electron chi connectivity index (χ4n) is 5.57. The van der Waals surface area contributed by atoms with Crippen molar-refractivity contribution < 1.29 is 28.6 Å². The van der Waals surface area contributed by atoms with E-state index < -0.39 is 12.1 Å². The molecule has 0 aromatic rings. The summed E-state index contributed by atoms with van der Waals surface area (Å²) in [5.41, 5.74) is 0. The van der Waals surface area contributed by atoms with Crippen molar-refractivity contribution in [2.24, 2.45) is 0 Å². The van der Waals surface area contributed by atoms with Crippen LogP contribution in [0, 0.1) is 0 Å². The molecule has 0 aliphatic rings. The summed E-state index contributed by atoms with van der Waals surface area (Å²) in [6.45, 7) is 6.26. The largest absolute Gasteiger partial charge is 0.462 e. The van der Waals surface area contributed by atoms with Gasteiger partial charge in [0, 0.05) is 12.8 Å². The summed E-state index contributed by atoms with van der Waals surface area (Å²) in [4.78, 5) is 37.5. The highest BCUT2D eigenvalue weighted by molar-refractivity contribution is 5.72. The average Bonchev–Trinajstić information content (AvgIpc) is 3.15. The molecule has 6 heteroatoms. The first-order chi connectivity index (χ1) is 26.0. The summed E-state index contributed by atoms with van der Waals surface area (Å²) in [6.07, 6.45) is 50.6. The number of hydrogen-bond donors (Lipinski definition) is 0. The number of carbonyl (C=O) groups excluding carboxylic acids is 3. The zero-order chi connectivity index (χ0) is 38.7. The van der Waals surface area contributed by atoms with E-state index in [1.54, 1.807) is 6.08 Å². The maximum Gasteiger partial charge on any atom is 0.309 e. The Morgan fingerprint density at radius 2 is 0.811 bits per heavy atom. The molecule has 0 radical (unpaired) electrons. The molecule has 0 aliphatic heterocycles. The van der Waals surface area contributed by atoms with Gasteiger partial charge in [-0.05, 0) is 64.2 Å². The number of hydrogen-bond acceptors (Lipinski definition) is 6. The van der Waals surface area contributed by atoms with E-state index in [4.69, 9.17) is 14.2 Å². The molecule has 1 atom stereocenters. The Morgan fingerprint density at radius 1 is 0.415 bits per heavy atom. The van der Waals surface area contributed by atoms with Crippen molar-refractivity contribution in [3.05, 3.63) is 72.9 Å². The smallest absolute Gasteiger partial charge is 0.309 e. The van der Waals surface area contributed by atoms with Crippen LogP contribution in [0.4, 0.5) is 0 Å². The highest BCUT2D eigenvalue weighted by atomic mass is 16.6. The van der Waals surface area contributed by atoms with Crippen molar-refractivity contribution in [1.82, 2.24) is 0 Å². The Morgan fingerprint density at radius 3 is 1.32 bits per heavy atom. The van der Waals surface area contributed by atoms with Crippen LogP contribution in [-0.2, 0) is 28.6 Å². The van der Waals surface area contributed by atoms with Crippen LogP contribution in [0.3, 0.4) is 0 Å². The second-order valence-corrected chi connectivity index (χ2v) is 13.9. The molecule has 1 unspecified atom stereocenters. The number of unbranched alkanes of at least 4 members (excludes halogenated alkanes) is 15. The van der Waals surface area contributed by atoms with Crippen LogP contribution in [0.1, 0.15) is 188 Å². The standard InChI is InChI=1S/C47H78O6/c1-4-7-10-13-16-19-21-23-24-26-28-31-34-37-40-46(49)52-43-44(42-51-45(48)39-36-33-30-27-18-15-12-9-6-3)53-47(50)41-38-35-32-29-25-22-20-17-14-11-8-5-2/h7,9-10,12,16,18-19,23-24,27,33,36,44H,4-6,8,11,13-15,17,20-22,25-26,28-32,34-35,37-43H2,1-3H3/b10-7-,12-9-,19-16-,24-23-,27-18-,36-33-. The summed E-state index contributed by atoms with van der Waals surface area (Å²) in [5.74, 6) is -1.07. The lowest BCUT2D eigenvalue weighted by molar-refractivity contribution is -0.166. The van der Waals surface area contributed by atoms with Gasteiger partial charge in [-0.2, -0.15) is 0 Å². The van der Waals surface area contributed by atoms with E-state index in [2.05, 4.69) is 81.5 Å². The van der Waals surface area contributed by atoms with Crippen LogP contribution >= 0.6 is 0 Å². The summed E-state index contributed by atoms with van der Waals surface area (Å²) in [6, 6.07) is 0. The zero-order valence-corrected chi connectivity index (χ0v) is 34.3. The second kappa shape index (κ2) is 41.6. The van der Waals surface area contributed by atoms with Gasteiger partial charge in [-0.1, -0.05) is 177 Å². The molecule has 0 amide bonds. The molecule has 0 saturated carbocycles. The number of rotatable bonds is 37. The molecule has 0 bridgehead atoms. The van der Waals surface area contributed by atoms with Gasteiger partial charge in [0.05, 0.1) is 6.42 Å². The molecule has 53 heavy (non-hydrogen) atoms. The van der Waals surface area contributed by atoms with Gasteiger partial charge in [-0.3, -0.25) is 14.4 Å². The summed E-state index contributed by atoms with van der Waals surface area (Å²) < 4.78 is 16.5. The number of allylic oxidation sites excluding steroid dienone is 11. The summed E-state index contributed by atoms with van der Waals surface area (Å²) >= 11 is 0. The van der Waals surface area contributed by atoms with E-state index in [-0.39, 0.29) is 31.6 Å². The van der Waals surface area contributed by atoms with Crippen LogP contribution in [0.2, 0.25) is 0 Å². The van der Waals surface area contributed by atoms with Crippen LogP contribution in [0.15, 0.2) is 72.9 Å². The van der Waals surface area contributed by atoms with Gasteiger partial charge < -0.3 is 14.2 Å². The first kappa shape index (κ1) is 49.9. The van der Waals surface area contributed by atoms with Gasteiger partial charge in [0.25, 0.3) is 0 Å². The third kappa shape index (κ3) is 39.9. The highest BCUT2D eigenvalue weighted by Gasteiger charge is 2.19. The number of carbonyl (C=O) groups is 3. The van der Waals surface area contributed by atoms with Crippen molar-refractivity contribution in [2.45, 2.75) is 194 Å². The van der Waals surface area contributed by atoms with Crippen molar-refractivity contribution in [3.8, 4) is 0 Å². The van der Waals surface area contributed by atoms with E-state index in [1.807, 2.05) is 6.08 Å². The average molecular weight is 739 g/mol. The zero-order valence-electron chi connectivity index (χ0n) is 34.3. The Hall–Kier alpha value is -3.15. The third-order valence-electron chi connectivity index (χ3n) is 8.74. The molecule has 0 fully saturated rings. The monoisotopic (exact) mass is 739 g/mol. The van der Waals surface area contributed by atoms with Gasteiger partial charge >= 0.3 is 17.9 Å². The predicted molar refractivity (Wildman–Crippen MR) is 224 cm³/mol. The summed E-state index contributed by atoms with van der Waals surface area (Å²) in [7, 11) is 0. The van der Waals surface area contributed by atoms with E-state index in [0.29, 0.717) is 12.8 Å². The second-order valence-electron chi connectivity index (χ2n) is 13.9.